The fraction of sp³-hybridized carbons (Fsp3) is 0. The highest BCUT2D eigenvalue weighted by molar-refractivity contribution is 6.65. The van der Waals surface area contributed by atoms with Crippen molar-refractivity contribution >= 4 is 24.1 Å². The van der Waals surface area contributed by atoms with Crippen LogP contribution in [0.25, 0.3) is 0 Å². The summed E-state index contributed by atoms with van der Waals surface area (Å²) in [5, 5.41) is 0. The van der Waals surface area contributed by atoms with Crippen LogP contribution in [0.15, 0.2) is 20.0 Å². The highest BCUT2D eigenvalue weighted by Crippen LogP contribution is 2.04. The first-order valence-electron chi connectivity index (χ1n) is 2.72. The van der Waals surface area contributed by atoms with E-state index in [1.807, 2.05) is 0 Å². The van der Waals surface area contributed by atoms with E-state index in [0.717, 1.165) is 0 Å². The molecule has 1 radical (unpaired) electrons. The lowest BCUT2D eigenvalue weighted by molar-refractivity contribution is 0.956. The van der Waals surface area contributed by atoms with Crippen LogP contribution in [0.3, 0.4) is 0 Å². The number of nitrogens with two attached hydrogens (primary N) is 1. The molecule has 0 aliphatic carbocycles. The summed E-state index contributed by atoms with van der Waals surface area (Å²) in [4.78, 5) is 15.3. The highest BCUT2D eigenvalue weighted by atomic mass is 15.2. The minimum atomic E-state index is 0.230. The topological polar surface area (TPSA) is 75.5 Å². The van der Waals surface area contributed by atoms with Crippen LogP contribution in [0.4, 0.5) is 0 Å². The van der Waals surface area contributed by atoms with E-state index < -0.39 is 0 Å². The van der Waals surface area contributed by atoms with Crippen molar-refractivity contribution in [1.82, 2.24) is 0 Å². The second-order valence-corrected chi connectivity index (χ2v) is 1.81. The first-order valence-corrected chi connectivity index (χ1v) is 2.72. The highest BCUT2D eigenvalue weighted by Gasteiger charge is 2.15. The molecule has 0 aromatic carbocycles. The van der Waals surface area contributed by atoms with Gasteiger partial charge in [-0.1, -0.05) is 0 Å². The Morgan fingerprint density at radius 1 is 1.30 bits per heavy atom. The molecule has 5 heteroatoms. The molecule has 2 aliphatic rings. The lowest BCUT2D eigenvalue weighted by Crippen LogP contribution is -2.20. The smallest absolute Gasteiger partial charge is 0.265 e. The molecule has 0 fully saturated rings. The monoisotopic (exact) mass is 134 g/mol. The first kappa shape index (κ1) is 5.43. The quantitative estimate of drug-likeness (QED) is 0.470. The van der Waals surface area contributed by atoms with Crippen LogP contribution in [0.1, 0.15) is 0 Å². The largest absolute Gasteiger partial charge is 0.283 e. The molecule has 2 aliphatic heterocycles. The lowest BCUT2D eigenvalue weighted by atomic mass is 10.3. The van der Waals surface area contributed by atoms with Crippen molar-refractivity contribution < 1.29 is 0 Å². The Kier molecular flexibility index (Phi) is 0.983. The van der Waals surface area contributed by atoms with Gasteiger partial charge in [0.2, 0.25) is 0 Å². The van der Waals surface area contributed by atoms with Gasteiger partial charge in [-0.2, -0.15) is 0 Å². The molecule has 0 amide bonds. The number of rotatable bonds is 0. The molecule has 2 N–H and O–H groups in total. The van der Waals surface area contributed by atoms with Crippen LogP contribution in [0.5, 0.6) is 0 Å². The van der Waals surface area contributed by atoms with Crippen molar-refractivity contribution in [3.05, 3.63) is 6.29 Å². The van der Waals surface area contributed by atoms with E-state index in [-0.39, 0.29) is 6.29 Å². The molecular weight excluding hydrogens is 130 g/mol. The molecule has 0 spiro atoms. The number of nitrogens with zero attached hydrogens (tertiary/aromatic N) is 4. The lowest BCUT2D eigenvalue weighted by Gasteiger charge is -2.03. The number of aliphatic imine (C=N–C) groups is 4. The molecule has 0 aromatic rings. The maximum atomic E-state index is 5.29. The number of hydrogen-bond donors (Lipinski definition) is 1. The van der Waals surface area contributed by atoms with Crippen molar-refractivity contribution in [2.75, 3.05) is 0 Å². The first-order chi connectivity index (χ1) is 4.86. The Labute approximate surface area is 57.1 Å². The van der Waals surface area contributed by atoms with Crippen LogP contribution < -0.4 is 5.73 Å². The summed E-state index contributed by atoms with van der Waals surface area (Å²) in [6.45, 7) is 0. The fourth-order valence-electron chi connectivity index (χ4n) is 0.711. The van der Waals surface area contributed by atoms with Crippen molar-refractivity contribution in [1.29, 1.82) is 0 Å². The average Bonchev–Trinajstić information content (AvgIpc) is 2.33. The zero-order valence-electron chi connectivity index (χ0n) is 5.02. The van der Waals surface area contributed by atoms with Crippen LogP contribution in [-0.2, 0) is 0 Å². The van der Waals surface area contributed by atoms with Gasteiger partial charge in [0.1, 0.15) is 12.1 Å². The van der Waals surface area contributed by atoms with Gasteiger partial charge < -0.3 is 0 Å². The summed E-state index contributed by atoms with van der Waals surface area (Å²) in [7, 11) is 0. The van der Waals surface area contributed by atoms with Crippen molar-refractivity contribution in [2.45, 2.75) is 0 Å². The predicted molar refractivity (Wildman–Crippen MR) is 39.3 cm³/mol. The third-order valence-corrected chi connectivity index (χ3v) is 1.15. The zero-order chi connectivity index (χ0) is 6.97. The molecule has 5 nitrogen and oxygen atoms in total. The average molecular weight is 134 g/mol. The summed E-state index contributed by atoms with van der Waals surface area (Å²) in [6, 6.07) is 0. The Balaban J connectivity index is 2.41. The van der Waals surface area contributed by atoms with Gasteiger partial charge in [-0.25, -0.2) is 20.0 Å². The Morgan fingerprint density at radius 3 is 3.10 bits per heavy atom. The molecule has 0 saturated carbocycles. The maximum Gasteiger partial charge on any atom is 0.265 e. The summed E-state index contributed by atoms with van der Waals surface area (Å²) in [5.74, 6) is 0.549. The van der Waals surface area contributed by atoms with Gasteiger partial charge in [0, 0.05) is 0 Å². The van der Waals surface area contributed by atoms with Gasteiger partial charge in [-0.05, 0) is 0 Å². The van der Waals surface area contributed by atoms with Crippen molar-refractivity contribution in [2.24, 2.45) is 25.7 Å². The van der Waals surface area contributed by atoms with Gasteiger partial charge in [0.15, 0.2) is 5.84 Å². The second kappa shape index (κ2) is 1.81. The van der Waals surface area contributed by atoms with Crippen molar-refractivity contribution in [3.63, 3.8) is 0 Å². The number of hydrogen-bond acceptors (Lipinski definition) is 5. The van der Waals surface area contributed by atoms with E-state index in [1.54, 1.807) is 6.21 Å². The molecule has 49 valence electrons. The Bertz CT molecular complexity index is 272. The van der Waals surface area contributed by atoms with Crippen LogP contribution >= 0.6 is 0 Å². The van der Waals surface area contributed by atoms with E-state index in [2.05, 4.69) is 20.0 Å². The predicted octanol–water partition coefficient (Wildman–Crippen LogP) is -0.642. The second-order valence-electron chi connectivity index (χ2n) is 1.81. The molecule has 0 atom stereocenters. The van der Waals surface area contributed by atoms with Crippen LogP contribution in [0.2, 0.25) is 0 Å². The fourth-order valence-corrected chi connectivity index (χ4v) is 0.711. The van der Waals surface area contributed by atoms with Crippen molar-refractivity contribution in [3.8, 4) is 0 Å². The van der Waals surface area contributed by atoms with E-state index in [0.29, 0.717) is 11.5 Å². The van der Waals surface area contributed by atoms with E-state index in [1.165, 1.54) is 6.34 Å². The number of amidine groups is 1. The third kappa shape index (κ3) is 0.679. The summed E-state index contributed by atoms with van der Waals surface area (Å²) in [5.41, 5.74) is 5.97. The van der Waals surface area contributed by atoms with Gasteiger partial charge in [-0.15, -0.1) is 0 Å². The normalized spacial score (nSPS) is 22.5. The van der Waals surface area contributed by atoms with Gasteiger partial charge >= 0.3 is 0 Å². The molecule has 0 saturated heterocycles. The summed E-state index contributed by atoms with van der Waals surface area (Å²) >= 11 is 0. The molecule has 2 rings (SSSR count). The van der Waals surface area contributed by atoms with Gasteiger partial charge in [-0.3, -0.25) is 5.73 Å². The minimum absolute atomic E-state index is 0.230. The maximum absolute atomic E-state index is 5.29. The Morgan fingerprint density at radius 2 is 2.20 bits per heavy atom. The van der Waals surface area contributed by atoms with E-state index >= 15 is 0 Å². The van der Waals surface area contributed by atoms with E-state index in [9.17, 15) is 0 Å². The molecule has 0 aromatic heterocycles. The molecular formula is C5H4N5. The summed E-state index contributed by atoms with van der Waals surface area (Å²) in [6.07, 6.45) is 3.21. The van der Waals surface area contributed by atoms with E-state index in [4.69, 9.17) is 5.73 Å². The SMILES string of the molecule is N[C]1N=CC2=NC=NC2=N1. The van der Waals surface area contributed by atoms with Crippen LogP contribution in [-0.4, -0.2) is 24.1 Å². The Hall–Kier alpha value is -1.36. The third-order valence-electron chi connectivity index (χ3n) is 1.15. The molecule has 0 unspecified atom stereocenters. The zero-order valence-corrected chi connectivity index (χ0v) is 5.02. The van der Waals surface area contributed by atoms with Gasteiger partial charge in [0.25, 0.3) is 6.29 Å². The van der Waals surface area contributed by atoms with Crippen LogP contribution in [0, 0.1) is 6.29 Å². The van der Waals surface area contributed by atoms with Gasteiger partial charge in [0.05, 0.1) is 6.21 Å². The summed E-state index contributed by atoms with van der Waals surface area (Å²) < 4.78 is 0. The molecule has 2 heterocycles. The number of fused-ring (bicyclic) bond motifs is 1. The molecule has 0 bridgehead atoms. The standard InChI is InChI=1S/C5H4N5/c6-5-7-1-3-4(10-5)9-2-8-3/h1-2H,6H2. The minimum Gasteiger partial charge on any atom is -0.283 e. The molecule has 10 heavy (non-hydrogen) atoms.